The SMILES string of the molecule is CC(C)c1ccccc1-c1cc(Oc2ccccc2F)nc(NS(=O)(=O)c2ccc(Cl)cc2)n1. The minimum Gasteiger partial charge on any atom is -0.436 e. The summed E-state index contributed by atoms with van der Waals surface area (Å²) in [4.78, 5) is 8.61. The van der Waals surface area contributed by atoms with Crippen molar-refractivity contribution in [1.82, 2.24) is 9.97 Å². The second-order valence-electron chi connectivity index (χ2n) is 7.75. The van der Waals surface area contributed by atoms with Crippen molar-refractivity contribution >= 4 is 27.6 Å². The summed E-state index contributed by atoms with van der Waals surface area (Å²) in [7, 11) is -4.02. The molecule has 9 heteroatoms. The third-order valence-corrected chi connectivity index (χ3v) is 6.56. The molecule has 0 atom stereocenters. The fourth-order valence-electron chi connectivity index (χ4n) is 3.33. The van der Waals surface area contributed by atoms with Gasteiger partial charge in [-0.25, -0.2) is 22.5 Å². The zero-order valence-corrected chi connectivity index (χ0v) is 19.9. The molecule has 0 amide bonds. The number of hydrogen-bond acceptors (Lipinski definition) is 5. The third kappa shape index (κ3) is 5.35. The Hall–Kier alpha value is -3.49. The molecule has 1 N–H and O–H groups in total. The molecule has 3 aromatic carbocycles. The van der Waals surface area contributed by atoms with E-state index < -0.39 is 15.8 Å². The van der Waals surface area contributed by atoms with E-state index in [9.17, 15) is 12.8 Å². The molecule has 0 aliphatic carbocycles. The number of rotatable bonds is 7. The maximum absolute atomic E-state index is 14.2. The maximum Gasteiger partial charge on any atom is 0.264 e. The minimum atomic E-state index is -4.02. The Labute approximate surface area is 202 Å². The first kappa shape index (κ1) is 23.7. The molecule has 1 aromatic heterocycles. The van der Waals surface area contributed by atoms with Gasteiger partial charge in [-0.3, -0.25) is 0 Å². The van der Waals surface area contributed by atoms with Crippen LogP contribution >= 0.6 is 11.6 Å². The van der Waals surface area contributed by atoms with E-state index in [4.69, 9.17) is 16.3 Å². The number of aromatic nitrogens is 2. The minimum absolute atomic E-state index is 0.00921. The van der Waals surface area contributed by atoms with Gasteiger partial charge in [0.15, 0.2) is 11.6 Å². The summed E-state index contributed by atoms with van der Waals surface area (Å²) in [5.74, 6) is -0.666. The first-order valence-electron chi connectivity index (χ1n) is 10.4. The summed E-state index contributed by atoms with van der Waals surface area (Å²) in [6.45, 7) is 4.09. The first-order chi connectivity index (χ1) is 16.2. The molecule has 0 saturated carbocycles. The topological polar surface area (TPSA) is 81.2 Å². The highest BCUT2D eigenvalue weighted by atomic mass is 35.5. The van der Waals surface area contributed by atoms with Crippen molar-refractivity contribution in [2.75, 3.05) is 4.72 Å². The summed E-state index contributed by atoms with van der Waals surface area (Å²) in [6, 6.07) is 20.7. The van der Waals surface area contributed by atoms with Crippen LogP contribution in [0.25, 0.3) is 11.3 Å². The van der Waals surface area contributed by atoms with Crippen LogP contribution in [0.4, 0.5) is 10.3 Å². The average Bonchev–Trinajstić information content (AvgIpc) is 2.80. The summed E-state index contributed by atoms with van der Waals surface area (Å²) in [6.07, 6.45) is 0. The number of ether oxygens (including phenoxy) is 1. The van der Waals surface area contributed by atoms with Gasteiger partial charge in [-0.15, -0.1) is 0 Å². The van der Waals surface area contributed by atoms with Crippen LogP contribution in [0.5, 0.6) is 11.6 Å². The Bertz CT molecular complexity index is 1430. The predicted octanol–water partition coefficient (Wildman–Crippen LogP) is 6.65. The van der Waals surface area contributed by atoms with Crippen molar-refractivity contribution in [3.05, 3.63) is 95.3 Å². The van der Waals surface area contributed by atoms with Crippen LogP contribution in [0.3, 0.4) is 0 Å². The van der Waals surface area contributed by atoms with Crippen LogP contribution in [-0.4, -0.2) is 18.4 Å². The quantitative estimate of drug-likeness (QED) is 0.309. The lowest BCUT2D eigenvalue weighted by atomic mass is 9.95. The number of nitrogens with zero attached hydrogens (tertiary/aromatic N) is 2. The van der Waals surface area contributed by atoms with Crippen LogP contribution < -0.4 is 9.46 Å². The van der Waals surface area contributed by atoms with Crippen molar-refractivity contribution < 1.29 is 17.5 Å². The van der Waals surface area contributed by atoms with E-state index in [1.165, 1.54) is 42.5 Å². The highest BCUT2D eigenvalue weighted by Gasteiger charge is 2.19. The molecule has 0 spiro atoms. The standard InChI is InChI=1S/C25H21ClFN3O3S/c1-16(2)19-7-3-4-8-20(19)22-15-24(33-23-10-6-5-9-21(23)27)29-25(28-22)30-34(31,32)18-13-11-17(26)12-14-18/h3-16H,1-2H3,(H,28,29,30). The van der Waals surface area contributed by atoms with E-state index in [0.717, 1.165) is 11.1 Å². The largest absolute Gasteiger partial charge is 0.436 e. The van der Waals surface area contributed by atoms with Gasteiger partial charge in [-0.05, 0) is 47.9 Å². The van der Waals surface area contributed by atoms with Gasteiger partial charge < -0.3 is 4.74 Å². The number of halogens is 2. The molecular formula is C25H21ClFN3O3S. The molecule has 6 nitrogen and oxygen atoms in total. The zero-order valence-electron chi connectivity index (χ0n) is 18.4. The predicted molar refractivity (Wildman–Crippen MR) is 130 cm³/mol. The Kier molecular flexibility index (Phi) is 6.81. The monoisotopic (exact) mass is 497 g/mol. The Morgan fingerprint density at radius 1 is 0.941 bits per heavy atom. The summed E-state index contributed by atoms with van der Waals surface area (Å²) >= 11 is 5.87. The molecule has 0 aliphatic heterocycles. The number of sulfonamides is 1. The maximum atomic E-state index is 14.2. The number of anilines is 1. The van der Waals surface area contributed by atoms with Crippen molar-refractivity contribution in [2.45, 2.75) is 24.7 Å². The van der Waals surface area contributed by atoms with Crippen LogP contribution in [0.15, 0.2) is 83.8 Å². The number of para-hydroxylation sites is 1. The van der Waals surface area contributed by atoms with Gasteiger partial charge in [-0.1, -0.05) is 61.8 Å². The van der Waals surface area contributed by atoms with Crippen molar-refractivity contribution in [2.24, 2.45) is 0 Å². The molecule has 0 aliphatic rings. The van der Waals surface area contributed by atoms with Gasteiger partial charge in [0.25, 0.3) is 10.0 Å². The fraction of sp³-hybridized carbons (Fsp3) is 0.120. The molecular weight excluding hydrogens is 477 g/mol. The number of hydrogen-bond donors (Lipinski definition) is 1. The van der Waals surface area contributed by atoms with Gasteiger partial charge in [0, 0.05) is 16.7 Å². The molecule has 0 bridgehead atoms. The Morgan fingerprint density at radius 3 is 2.32 bits per heavy atom. The number of nitrogens with one attached hydrogen (secondary N) is 1. The van der Waals surface area contributed by atoms with Gasteiger partial charge in [-0.2, -0.15) is 4.98 Å². The van der Waals surface area contributed by atoms with Gasteiger partial charge in [0.1, 0.15) is 0 Å². The summed E-state index contributed by atoms with van der Waals surface area (Å²) in [5, 5.41) is 0.406. The average molecular weight is 498 g/mol. The highest BCUT2D eigenvalue weighted by molar-refractivity contribution is 7.92. The summed E-state index contributed by atoms with van der Waals surface area (Å²) in [5.41, 5.74) is 2.22. The fourth-order valence-corrected chi connectivity index (χ4v) is 4.40. The van der Waals surface area contributed by atoms with Crippen molar-refractivity contribution in [3.63, 3.8) is 0 Å². The molecule has 34 heavy (non-hydrogen) atoms. The Morgan fingerprint density at radius 2 is 1.62 bits per heavy atom. The second-order valence-corrected chi connectivity index (χ2v) is 9.87. The molecule has 1 heterocycles. The van der Waals surface area contributed by atoms with E-state index in [-0.39, 0.29) is 28.4 Å². The van der Waals surface area contributed by atoms with E-state index in [1.807, 2.05) is 38.1 Å². The molecule has 4 aromatic rings. The summed E-state index contributed by atoms with van der Waals surface area (Å²) < 4.78 is 48.1. The number of benzene rings is 3. The smallest absolute Gasteiger partial charge is 0.264 e. The van der Waals surface area contributed by atoms with Gasteiger partial charge >= 0.3 is 0 Å². The lowest BCUT2D eigenvalue weighted by Gasteiger charge is -2.15. The molecule has 4 rings (SSSR count). The van der Waals surface area contributed by atoms with Crippen LogP contribution in [0.1, 0.15) is 25.3 Å². The van der Waals surface area contributed by atoms with E-state index in [1.54, 1.807) is 12.1 Å². The normalized spacial score (nSPS) is 11.4. The van der Waals surface area contributed by atoms with Gasteiger partial charge in [0.05, 0.1) is 10.6 Å². The van der Waals surface area contributed by atoms with E-state index in [0.29, 0.717) is 10.7 Å². The lowest BCUT2D eigenvalue weighted by Crippen LogP contribution is -2.15. The van der Waals surface area contributed by atoms with Crippen molar-refractivity contribution in [1.29, 1.82) is 0 Å². The molecule has 0 fully saturated rings. The molecule has 0 saturated heterocycles. The second kappa shape index (κ2) is 9.79. The highest BCUT2D eigenvalue weighted by Crippen LogP contribution is 2.32. The molecule has 0 unspecified atom stereocenters. The third-order valence-electron chi connectivity index (χ3n) is 4.96. The van der Waals surface area contributed by atoms with E-state index in [2.05, 4.69) is 14.7 Å². The van der Waals surface area contributed by atoms with E-state index >= 15 is 0 Å². The molecule has 174 valence electrons. The van der Waals surface area contributed by atoms with Crippen LogP contribution in [0, 0.1) is 5.82 Å². The lowest BCUT2D eigenvalue weighted by molar-refractivity contribution is 0.427. The van der Waals surface area contributed by atoms with Gasteiger partial charge in [0.2, 0.25) is 11.8 Å². The Balaban J connectivity index is 1.80. The molecule has 0 radical (unpaired) electrons. The zero-order chi connectivity index (χ0) is 24.3. The van der Waals surface area contributed by atoms with Crippen LogP contribution in [0.2, 0.25) is 5.02 Å². The van der Waals surface area contributed by atoms with Crippen LogP contribution in [-0.2, 0) is 10.0 Å². The first-order valence-corrected chi connectivity index (χ1v) is 12.3. The van der Waals surface area contributed by atoms with Crippen molar-refractivity contribution in [3.8, 4) is 22.9 Å².